The van der Waals surface area contributed by atoms with Gasteiger partial charge in [0.05, 0.1) is 53.0 Å². The highest BCUT2D eigenvalue weighted by Gasteiger charge is 2.72. The van der Waals surface area contributed by atoms with Crippen molar-refractivity contribution < 1.29 is 27.6 Å². The lowest BCUT2D eigenvalue weighted by Crippen LogP contribution is -2.47. The normalized spacial score (nSPS) is 21.3. The standard InChI is InChI=1S/C28H28F3N5O3S.2ClH/c1-14-8-15(10-28(29,30)31)34-23(18(14)13-35-7-6-32-11-20(35)37)17-4-5-33-19-9-16(40-24(17)19)12-36-25(38)21-22(26(36)39)27(21,2)3;;/h4-5,8-9,21-22,32H,6-7,10-13H2,1-3H3;2*1H. The van der Waals surface area contributed by atoms with Crippen molar-refractivity contribution in [1.82, 2.24) is 25.1 Å². The first-order chi connectivity index (χ1) is 18.8. The number of amides is 3. The van der Waals surface area contributed by atoms with Crippen molar-refractivity contribution >= 4 is 64.1 Å². The Morgan fingerprint density at radius 3 is 2.43 bits per heavy atom. The van der Waals surface area contributed by atoms with Crippen LogP contribution in [-0.2, 0) is 33.9 Å². The van der Waals surface area contributed by atoms with Crippen LogP contribution in [0.4, 0.5) is 13.2 Å². The largest absolute Gasteiger partial charge is 0.394 e. The summed E-state index contributed by atoms with van der Waals surface area (Å²) in [5.74, 6) is -0.962. The van der Waals surface area contributed by atoms with Crippen molar-refractivity contribution in [2.24, 2.45) is 17.3 Å². The number of carbonyl (C=O) groups excluding carboxylic acids is 3. The number of nitrogens with one attached hydrogen (secondary N) is 1. The van der Waals surface area contributed by atoms with E-state index in [1.54, 1.807) is 24.1 Å². The monoisotopic (exact) mass is 643 g/mol. The number of thiophene rings is 1. The molecule has 2 aliphatic heterocycles. The van der Waals surface area contributed by atoms with Crippen molar-refractivity contribution in [3.05, 3.63) is 46.1 Å². The van der Waals surface area contributed by atoms with E-state index in [2.05, 4.69) is 15.3 Å². The van der Waals surface area contributed by atoms with Gasteiger partial charge in [0.15, 0.2) is 0 Å². The Kier molecular flexibility index (Phi) is 8.69. The average Bonchev–Trinajstić information content (AvgIpc) is 3.11. The van der Waals surface area contributed by atoms with Crippen molar-refractivity contribution in [1.29, 1.82) is 0 Å². The van der Waals surface area contributed by atoms with Crippen LogP contribution >= 0.6 is 36.2 Å². The fraction of sp³-hybridized carbons (Fsp3) is 0.464. The molecule has 0 bridgehead atoms. The fourth-order valence-electron chi connectivity index (χ4n) is 6.06. The van der Waals surface area contributed by atoms with Gasteiger partial charge in [-0.1, -0.05) is 13.8 Å². The van der Waals surface area contributed by atoms with Crippen LogP contribution in [0.5, 0.6) is 0 Å². The summed E-state index contributed by atoms with van der Waals surface area (Å²) in [6.07, 6.45) is -4.03. The number of imide groups is 1. The third-order valence-electron chi connectivity index (χ3n) is 8.24. The van der Waals surface area contributed by atoms with Crippen molar-refractivity contribution in [2.75, 3.05) is 19.6 Å². The molecular formula is C28H30Cl2F3N5O3S. The van der Waals surface area contributed by atoms with Gasteiger partial charge >= 0.3 is 6.18 Å². The lowest BCUT2D eigenvalue weighted by Gasteiger charge is -2.29. The van der Waals surface area contributed by atoms with Gasteiger partial charge in [-0.2, -0.15) is 13.2 Å². The summed E-state index contributed by atoms with van der Waals surface area (Å²) in [6.45, 7) is 7.25. The quantitative estimate of drug-likeness (QED) is 0.392. The highest BCUT2D eigenvalue weighted by molar-refractivity contribution is 7.19. The summed E-state index contributed by atoms with van der Waals surface area (Å²) in [7, 11) is 0. The fourth-order valence-corrected chi connectivity index (χ4v) is 7.17. The molecule has 0 aromatic carbocycles. The molecule has 2 saturated heterocycles. The first kappa shape index (κ1) is 32.1. The van der Waals surface area contributed by atoms with Crippen LogP contribution < -0.4 is 5.32 Å². The molecule has 14 heteroatoms. The van der Waals surface area contributed by atoms with Crippen LogP contribution in [0.3, 0.4) is 0 Å². The molecule has 8 nitrogen and oxygen atoms in total. The Hall–Kier alpha value is -2.80. The maximum atomic E-state index is 13.4. The number of hydrogen-bond acceptors (Lipinski definition) is 7. The number of piperazine rings is 1. The van der Waals surface area contributed by atoms with Crippen LogP contribution in [0.15, 0.2) is 24.4 Å². The molecule has 1 saturated carbocycles. The maximum Gasteiger partial charge on any atom is 0.394 e. The summed E-state index contributed by atoms with van der Waals surface area (Å²) < 4.78 is 40.8. The Bertz CT molecular complexity index is 1550. The SMILES string of the molecule is Cc1cc(CC(F)(F)F)nc(-c2ccnc3cc(CN4C(=O)C5C(C4=O)C5(C)C)sc23)c1CN1CCNCC1=O.Cl.Cl. The minimum absolute atomic E-state index is 0. The molecule has 3 aromatic heterocycles. The number of likely N-dealkylation sites (tertiary alicyclic amines) is 1. The Labute approximate surface area is 256 Å². The molecule has 3 amide bonds. The van der Waals surface area contributed by atoms with E-state index in [4.69, 9.17) is 0 Å². The van der Waals surface area contributed by atoms with E-state index in [0.717, 1.165) is 4.88 Å². The van der Waals surface area contributed by atoms with Gasteiger partial charge in [-0.25, -0.2) is 0 Å². The Balaban J connectivity index is 0.00000202. The van der Waals surface area contributed by atoms with Gasteiger partial charge in [0.2, 0.25) is 17.7 Å². The Morgan fingerprint density at radius 1 is 1.10 bits per heavy atom. The van der Waals surface area contributed by atoms with Gasteiger partial charge in [0.25, 0.3) is 0 Å². The van der Waals surface area contributed by atoms with Crippen LogP contribution in [-0.4, -0.2) is 63.3 Å². The molecule has 226 valence electrons. The Morgan fingerprint density at radius 2 is 1.79 bits per heavy atom. The van der Waals surface area contributed by atoms with Gasteiger partial charge in [0.1, 0.15) is 0 Å². The second kappa shape index (κ2) is 11.4. The number of aromatic nitrogens is 2. The van der Waals surface area contributed by atoms with E-state index in [1.165, 1.54) is 22.3 Å². The van der Waals surface area contributed by atoms with Gasteiger partial charge in [-0.15, -0.1) is 36.2 Å². The third-order valence-corrected chi connectivity index (χ3v) is 9.38. The minimum atomic E-state index is -4.43. The number of alkyl halides is 3. The molecule has 0 spiro atoms. The number of carbonyl (C=O) groups is 3. The van der Waals surface area contributed by atoms with Crippen molar-refractivity contribution in [3.8, 4) is 11.3 Å². The van der Waals surface area contributed by atoms with Crippen LogP contribution in [0.2, 0.25) is 0 Å². The topological polar surface area (TPSA) is 95.5 Å². The summed E-state index contributed by atoms with van der Waals surface area (Å²) in [4.78, 5) is 51.0. The number of halogens is 5. The van der Waals surface area contributed by atoms with E-state index in [9.17, 15) is 27.6 Å². The van der Waals surface area contributed by atoms with E-state index in [0.29, 0.717) is 45.7 Å². The highest BCUT2D eigenvalue weighted by Crippen LogP contribution is 2.63. The van der Waals surface area contributed by atoms with Crippen LogP contribution in [0.25, 0.3) is 21.5 Å². The average molecular weight is 645 g/mol. The zero-order valence-corrected chi connectivity index (χ0v) is 25.5. The zero-order valence-electron chi connectivity index (χ0n) is 23.1. The molecule has 3 aromatic rings. The van der Waals surface area contributed by atoms with Gasteiger partial charge in [-0.3, -0.25) is 29.3 Å². The molecule has 0 radical (unpaired) electrons. The number of aryl methyl sites for hydroxylation is 1. The molecule has 6 rings (SSSR count). The number of rotatable bonds is 6. The molecule has 1 aliphatic carbocycles. The smallest absolute Gasteiger partial charge is 0.336 e. The van der Waals surface area contributed by atoms with Gasteiger partial charge < -0.3 is 10.2 Å². The van der Waals surface area contributed by atoms with Gasteiger partial charge in [-0.05, 0) is 36.1 Å². The second-order valence-corrected chi connectivity index (χ2v) is 12.5. The molecule has 2 atom stereocenters. The first-order valence-corrected chi connectivity index (χ1v) is 13.9. The first-order valence-electron chi connectivity index (χ1n) is 13.1. The number of piperidine rings is 1. The molecule has 5 heterocycles. The minimum Gasteiger partial charge on any atom is -0.336 e. The van der Waals surface area contributed by atoms with E-state index >= 15 is 0 Å². The third kappa shape index (κ3) is 5.61. The highest BCUT2D eigenvalue weighted by atomic mass is 35.5. The molecule has 42 heavy (non-hydrogen) atoms. The summed E-state index contributed by atoms with van der Waals surface area (Å²) >= 11 is 1.34. The molecule has 2 unspecified atom stereocenters. The van der Waals surface area contributed by atoms with Crippen molar-refractivity contribution in [2.45, 2.75) is 46.5 Å². The number of fused-ring (bicyclic) bond motifs is 2. The van der Waals surface area contributed by atoms with Gasteiger partial charge in [0, 0.05) is 41.8 Å². The second-order valence-electron chi connectivity index (χ2n) is 11.4. The molecule has 3 fully saturated rings. The molecule has 3 aliphatic rings. The number of nitrogens with zero attached hydrogens (tertiary/aromatic N) is 4. The van der Waals surface area contributed by atoms with Crippen LogP contribution in [0.1, 0.15) is 35.5 Å². The molecular weight excluding hydrogens is 614 g/mol. The van der Waals surface area contributed by atoms with Crippen LogP contribution in [0, 0.1) is 24.2 Å². The predicted octanol–water partition coefficient (Wildman–Crippen LogP) is 4.69. The zero-order chi connectivity index (χ0) is 28.6. The predicted molar refractivity (Wildman–Crippen MR) is 156 cm³/mol. The van der Waals surface area contributed by atoms with E-state index < -0.39 is 12.6 Å². The van der Waals surface area contributed by atoms with E-state index in [-0.39, 0.29) is 85.1 Å². The summed E-state index contributed by atoms with van der Waals surface area (Å²) in [6, 6.07) is 4.97. The van der Waals surface area contributed by atoms with Crippen molar-refractivity contribution in [3.63, 3.8) is 0 Å². The lowest BCUT2D eigenvalue weighted by molar-refractivity contribution is -0.143. The molecule has 1 N–H and O–H groups in total. The lowest BCUT2D eigenvalue weighted by atomic mass is 9.99. The maximum absolute atomic E-state index is 13.4. The summed E-state index contributed by atoms with van der Waals surface area (Å²) in [5, 5.41) is 3.03. The summed E-state index contributed by atoms with van der Waals surface area (Å²) in [5.41, 5.74) is 2.48. The number of pyridine rings is 2. The number of hydrogen-bond donors (Lipinski definition) is 1. The van der Waals surface area contributed by atoms with E-state index in [1.807, 2.05) is 19.9 Å².